The smallest absolute Gasteiger partial charge is 0.335 e. The Hall–Kier alpha value is -4.22. The zero-order valence-electron chi connectivity index (χ0n) is 20.6. The number of carbonyl (C=O) groups is 1. The Labute approximate surface area is 225 Å². The number of hydrogen-bond acceptors (Lipinski definition) is 5. The summed E-state index contributed by atoms with van der Waals surface area (Å²) in [5.74, 6) is -1.00. The van der Waals surface area contributed by atoms with Crippen LogP contribution in [0.3, 0.4) is 0 Å². The Morgan fingerprint density at radius 3 is 2.55 bits per heavy atom. The molecule has 5 rings (SSSR count). The number of benzene rings is 2. The fourth-order valence-corrected chi connectivity index (χ4v) is 5.68. The number of aromatic nitrogens is 2. The molecule has 3 N–H and O–H groups in total. The molecule has 0 amide bonds. The van der Waals surface area contributed by atoms with Gasteiger partial charge in [-0.1, -0.05) is 12.1 Å². The van der Waals surface area contributed by atoms with Crippen molar-refractivity contribution < 1.29 is 18.3 Å². The number of nitrogens with one attached hydrogen (secondary N) is 2. The first-order chi connectivity index (χ1) is 18.1. The van der Waals surface area contributed by atoms with E-state index in [1.807, 2.05) is 71.1 Å². The number of hydrogen-bond donors (Lipinski definition) is 3. The maximum atomic E-state index is 11.8. The number of sulfonamides is 1. The molecule has 0 saturated carbocycles. The highest BCUT2D eigenvalue weighted by Gasteiger charge is 2.42. The first-order valence-corrected chi connectivity index (χ1v) is 14.0. The van der Waals surface area contributed by atoms with Crippen LogP contribution in [-0.2, 0) is 10.0 Å². The summed E-state index contributed by atoms with van der Waals surface area (Å²) in [5, 5.41) is 13.4. The van der Waals surface area contributed by atoms with Crippen molar-refractivity contribution in [2.45, 2.75) is 19.0 Å². The SMILES string of the molecule is Cc1cc(N2C(=S)N[C@H](c3ccccn3)[C@H]2c2cccn2-c2cccc(C(=O)O)c2)ccc1NS(C)(=O)=O. The number of thiocarbonyl (C=S) groups is 1. The van der Waals surface area contributed by atoms with Gasteiger partial charge in [-0.2, -0.15) is 0 Å². The van der Waals surface area contributed by atoms with E-state index in [2.05, 4.69) is 15.0 Å². The molecule has 194 valence electrons. The molecular formula is C27H25N5O4S2. The van der Waals surface area contributed by atoms with Gasteiger partial charge in [-0.05, 0) is 85.4 Å². The van der Waals surface area contributed by atoms with Crippen LogP contribution >= 0.6 is 12.2 Å². The summed E-state index contributed by atoms with van der Waals surface area (Å²) in [6.45, 7) is 1.83. The first kappa shape index (κ1) is 25.4. The average Bonchev–Trinajstić information content (AvgIpc) is 3.49. The molecule has 0 aliphatic carbocycles. The van der Waals surface area contributed by atoms with Crippen molar-refractivity contribution in [1.29, 1.82) is 0 Å². The molecular weight excluding hydrogens is 522 g/mol. The number of aryl methyl sites for hydroxylation is 1. The lowest BCUT2D eigenvalue weighted by Gasteiger charge is -2.29. The molecule has 3 heterocycles. The normalized spacial score (nSPS) is 17.3. The molecule has 9 nitrogen and oxygen atoms in total. The molecule has 2 aromatic carbocycles. The van der Waals surface area contributed by atoms with E-state index < -0.39 is 16.0 Å². The Balaban J connectivity index is 1.64. The second kappa shape index (κ2) is 9.92. The van der Waals surface area contributed by atoms with Crippen molar-refractivity contribution in [2.75, 3.05) is 15.9 Å². The third kappa shape index (κ3) is 4.98. The van der Waals surface area contributed by atoms with Crippen LogP contribution in [0.25, 0.3) is 5.69 Å². The highest BCUT2D eigenvalue weighted by atomic mass is 32.2. The molecule has 0 unspecified atom stereocenters. The Kier molecular flexibility index (Phi) is 6.64. The van der Waals surface area contributed by atoms with Crippen LogP contribution in [0, 0.1) is 6.92 Å². The van der Waals surface area contributed by atoms with Crippen molar-refractivity contribution >= 4 is 44.7 Å². The van der Waals surface area contributed by atoms with Gasteiger partial charge in [-0.25, -0.2) is 13.2 Å². The van der Waals surface area contributed by atoms with Crippen molar-refractivity contribution in [3.63, 3.8) is 0 Å². The first-order valence-electron chi connectivity index (χ1n) is 11.7. The van der Waals surface area contributed by atoms with Gasteiger partial charge in [0.15, 0.2) is 5.11 Å². The number of carboxylic acids is 1. The van der Waals surface area contributed by atoms with E-state index in [1.165, 1.54) is 0 Å². The van der Waals surface area contributed by atoms with E-state index in [1.54, 1.807) is 30.5 Å². The van der Waals surface area contributed by atoms with Crippen LogP contribution in [0.1, 0.15) is 39.4 Å². The number of aromatic carboxylic acids is 1. The highest BCUT2D eigenvalue weighted by molar-refractivity contribution is 7.92. The van der Waals surface area contributed by atoms with Crippen LogP contribution < -0.4 is 14.9 Å². The largest absolute Gasteiger partial charge is 0.478 e. The van der Waals surface area contributed by atoms with Gasteiger partial charge in [-0.15, -0.1) is 0 Å². The summed E-state index contributed by atoms with van der Waals surface area (Å²) in [6, 6.07) is 21.1. The van der Waals surface area contributed by atoms with Crippen molar-refractivity contribution in [3.8, 4) is 5.69 Å². The fraction of sp³-hybridized carbons (Fsp3) is 0.148. The predicted molar refractivity (Wildman–Crippen MR) is 150 cm³/mol. The minimum atomic E-state index is -3.43. The minimum absolute atomic E-state index is 0.185. The third-order valence-corrected chi connectivity index (χ3v) is 7.24. The van der Waals surface area contributed by atoms with Crippen LogP contribution in [-0.4, -0.2) is 40.4 Å². The minimum Gasteiger partial charge on any atom is -0.478 e. The van der Waals surface area contributed by atoms with E-state index in [0.717, 1.165) is 28.9 Å². The molecule has 2 aromatic heterocycles. The molecule has 11 heteroatoms. The van der Waals surface area contributed by atoms with Gasteiger partial charge >= 0.3 is 5.97 Å². The molecule has 1 saturated heterocycles. The van der Waals surface area contributed by atoms with Crippen molar-refractivity contribution in [2.24, 2.45) is 0 Å². The van der Waals surface area contributed by atoms with Crippen LogP contribution in [0.5, 0.6) is 0 Å². The van der Waals surface area contributed by atoms with E-state index >= 15 is 0 Å². The number of anilines is 2. The maximum Gasteiger partial charge on any atom is 0.335 e. The number of carboxylic acid groups (broad SMARTS) is 1. The lowest BCUT2D eigenvalue weighted by atomic mass is 10.00. The molecule has 1 aliphatic heterocycles. The van der Waals surface area contributed by atoms with E-state index in [-0.39, 0.29) is 17.6 Å². The predicted octanol–water partition coefficient (Wildman–Crippen LogP) is 4.43. The number of rotatable bonds is 7. The highest BCUT2D eigenvalue weighted by Crippen LogP contribution is 2.43. The number of pyridine rings is 1. The molecule has 1 aliphatic rings. The molecule has 1 fully saturated rings. The summed E-state index contributed by atoms with van der Waals surface area (Å²) < 4.78 is 28.1. The van der Waals surface area contributed by atoms with Gasteiger partial charge in [0, 0.05) is 29.5 Å². The lowest BCUT2D eigenvalue weighted by molar-refractivity contribution is 0.0697. The molecule has 4 aromatic rings. The van der Waals surface area contributed by atoms with Gasteiger partial charge in [0.05, 0.1) is 29.2 Å². The van der Waals surface area contributed by atoms with Gasteiger partial charge < -0.3 is 19.9 Å². The second-order valence-electron chi connectivity index (χ2n) is 9.03. The van der Waals surface area contributed by atoms with Gasteiger partial charge in [0.25, 0.3) is 0 Å². The Bertz CT molecular complexity index is 1640. The fourth-order valence-electron chi connectivity index (χ4n) is 4.70. The standard InChI is InChI=1S/C27H25N5O4S2/c1-17-15-20(11-12-21(17)30-38(2,35)36)32-25(24(29-27(32)37)22-9-3-4-13-28-22)23-10-6-14-31(23)19-8-5-7-18(16-19)26(33)34/h3-16,24-25,30H,1-2H3,(H,29,37)(H,33,34)/t24-,25-/m1/s1. The Morgan fingerprint density at radius 1 is 1.05 bits per heavy atom. The quantitative estimate of drug-likeness (QED) is 0.291. The summed E-state index contributed by atoms with van der Waals surface area (Å²) in [7, 11) is -3.43. The average molecular weight is 548 g/mol. The van der Waals surface area contributed by atoms with Crippen LogP contribution in [0.2, 0.25) is 0 Å². The zero-order valence-corrected chi connectivity index (χ0v) is 22.2. The van der Waals surface area contributed by atoms with E-state index in [9.17, 15) is 18.3 Å². The van der Waals surface area contributed by atoms with E-state index in [4.69, 9.17) is 12.2 Å². The summed E-state index contributed by atoms with van der Waals surface area (Å²) in [4.78, 5) is 18.2. The van der Waals surface area contributed by atoms with Gasteiger partial charge in [0.2, 0.25) is 10.0 Å². The summed E-state index contributed by atoms with van der Waals surface area (Å²) in [5.41, 5.74) is 4.54. The summed E-state index contributed by atoms with van der Waals surface area (Å²) in [6.07, 6.45) is 4.72. The Morgan fingerprint density at radius 2 is 1.87 bits per heavy atom. The maximum absolute atomic E-state index is 11.8. The molecule has 0 radical (unpaired) electrons. The van der Waals surface area contributed by atoms with Crippen LogP contribution in [0.4, 0.5) is 11.4 Å². The van der Waals surface area contributed by atoms with Crippen molar-refractivity contribution in [1.82, 2.24) is 14.9 Å². The van der Waals surface area contributed by atoms with Gasteiger partial charge in [0.1, 0.15) is 6.04 Å². The molecule has 2 atom stereocenters. The summed E-state index contributed by atoms with van der Waals surface area (Å²) >= 11 is 5.82. The van der Waals surface area contributed by atoms with Gasteiger partial charge in [-0.3, -0.25) is 9.71 Å². The topological polar surface area (TPSA) is 117 Å². The van der Waals surface area contributed by atoms with Crippen molar-refractivity contribution in [3.05, 3.63) is 108 Å². The van der Waals surface area contributed by atoms with E-state index in [0.29, 0.717) is 16.5 Å². The monoisotopic (exact) mass is 547 g/mol. The molecule has 0 bridgehead atoms. The van der Waals surface area contributed by atoms with Crippen LogP contribution in [0.15, 0.2) is 85.2 Å². The molecule has 0 spiro atoms. The zero-order chi connectivity index (χ0) is 27.0. The third-order valence-electron chi connectivity index (χ3n) is 6.34. The molecule has 38 heavy (non-hydrogen) atoms. The second-order valence-corrected chi connectivity index (χ2v) is 11.2. The lowest BCUT2D eigenvalue weighted by Crippen LogP contribution is -2.30. The number of nitrogens with zero attached hydrogens (tertiary/aromatic N) is 3.